The predicted molar refractivity (Wildman–Crippen MR) is 78.9 cm³/mol. The lowest BCUT2D eigenvalue weighted by Crippen LogP contribution is -2.11. The van der Waals surface area contributed by atoms with Crippen LogP contribution in [0.1, 0.15) is 10.4 Å². The van der Waals surface area contributed by atoms with Gasteiger partial charge in [-0.05, 0) is 18.2 Å². The van der Waals surface area contributed by atoms with Gasteiger partial charge in [0.1, 0.15) is 0 Å². The monoisotopic (exact) mass is 309 g/mol. The van der Waals surface area contributed by atoms with E-state index in [1.165, 1.54) is 23.1 Å². The first-order valence-electron chi connectivity index (χ1n) is 5.15. The third-order valence-corrected chi connectivity index (χ3v) is 4.10. The van der Waals surface area contributed by atoms with Crippen molar-refractivity contribution in [1.82, 2.24) is 10.2 Å². The zero-order valence-corrected chi connectivity index (χ0v) is 12.0. The van der Waals surface area contributed by atoms with E-state index in [1.807, 2.05) is 0 Å². The van der Waals surface area contributed by atoms with Crippen molar-refractivity contribution < 1.29 is 4.79 Å². The fraction of sp³-hybridized carbons (Fsp3) is 0.0833. The van der Waals surface area contributed by atoms with E-state index in [2.05, 4.69) is 21.4 Å². The molecule has 19 heavy (non-hydrogen) atoms. The summed E-state index contributed by atoms with van der Waals surface area (Å²) in [7, 11) is 0. The van der Waals surface area contributed by atoms with Crippen molar-refractivity contribution in [2.45, 2.75) is 4.34 Å². The normalized spacial score (nSPS) is 9.89. The molecule has 0 aliphatic carbocycles. The van der Waals surface area contributed by atoms with E-state index >= 15 is 0 Å². The molecule has 0 aliphatic rings. The molecule has 0 saturated carbocycles. The number of hydrogen-bond donors (Lipinski definition) is 1. The molecule has 96 valence electrons. The van der Waals surface area contributed by atoms with Crippen molar-refractivity contribution in [3.05, 3.63) is 34.9 Å². The van der Waals surface area contributed by atoms with Gasteiger partial charge >= 0.3 is 0 Å². The van der Waals surface area contributed by atoms with Crippen LogP contribution >= 0.6 is 34.7 Å². The Hall–Kier alpha value is -1.55. The van der Waals surface area contributed by atoms with Crippen molar-refractivity contribution in [2.75, 3.05) is 11.1 Å². The topological polar surface area (TPSA) is 54.9 Å². The maximum atomic E-state index is 11.9. The highest BCUT2D eigenvalue weighted by molar-refractivity contribution is 8.01. The number of terminal acetylenes is 1. The Bertz CT molecular complexity index is 636. The lowest BCUT2D eigenvalue weighted by Gasteiger charge is -2.00. The number of aromatic nitrogens is 2. The number of amides is 1. The summed E-state index contributed by atoms with van der Waals surface area (Å²) in [6.45, 7) is 0. The number of nitrogens with one attached hydrogen (secondary N) is 1. The summed E-state index contributed by atoms with van der Waals surface area (Å²) in [6.07, 6.45) is 5.16. The third kappa shape index (κ3) is 3.96. The summed E-state index contributed by atoms with van der Waals surface area (Å²) in [5, 5.41) is 11.4. The fourth-order valence-electron chi connectivity index (χ4n) is 1.22. The van der Waals surface area contributed by atoms with Gasteiger partial charge in [0.2, 0.25) is 5.13 Å². The number of carbonyl (C=O) groups excluding carboxylic acids is 1. The van der Waals surface area contributed by atoms with Crippen LogP contribution in [0.5, 0.6) is 0 Å². The standard InChI is InChI=1S/C12H8ClN3OS2/c1-2-6-18-12-16-15-11(19-12)14-10(17)8-4-3-5-9(13)7-8/h1,3-5,7H,6H2,(H,14,15,17). The predicted octanol–water partition coefficient (Wildman–Crippen LogP) is 3.17. The minimum Gasteiger partial charge on any atom is -0.296 e. The quantitative estimate of drug-likeness (QED) is 0.535. The highest BCUT2D eigenvalue weighted by Gasteiger charge is 2.10. The molecule has 0 radical (unpaired) electrons. The van der Waals surface area contributed by atoms with Gasteiger partial charge in [-0.25, -0.2) is 0 Å². The number of halogens is 1. The van der Waals surface area contributed by atoms with Crippen LogP contribution in [0, 0.1) is 12.3 Å². The van der Waals surface area contributed by atoms with Crippen molar-refractivity contribution in [3.63, 3.8) is 0 Å². The summed E-state index contributed by atoms with van der Waals surface area (Å²) < 4.78 is 0.722. The maximum Gasteiger partial charge on any atom is 0.257 e. The zero-order valence-electron chi connectivity index (χ0n) is 9.59. The molecule has 2 rings (SSSR count). The first kappa shape index (κ1) is 13.9. The summed E-state index contributed by atoms with van der Waals surface area (Å²) in [5.74, 6) is 2.75. The lowest BCUT2D eigenvalue weighted by molar-refractivity contribution is 0.102. The molecule has 0 saturated heterocycles. The van der Waals surface area contributed by atoms with Gasteiger partial charge in [0.15, 0.2) is 4.34 Å². The Morgan fingerprint density at radius 2 is 2.37 bits per heavy atom. The van der Waals surface area contributed by atoms with Gasteiger partial charge in [-0.1, -0.05) is 46.7 Å². The molecule has 1 N–H and O–H groups in total. The molecule has 1 heterocycles. The molecule has 2 aromatic rings. The largest absolute Gasteiger partial charge is 0.296 e. The van der Waals surface area contributed by atoms with Crippen LogP contribution in [0.2, 0.25) is 5.02 Å². The molecule has 0 spiro atoms. The Morgan fingerprint density at radius 3 is 3.11 bits per heavy atom. The molecule has 0 fully saturated rings. The number of rotatable bonds is 4. The van der Waals surface area contributed by atoms with E-state index in [0.29, 0.717) is 21.5 Å². The van der Waals surface area contributed by atoms with Gasteiger partial charge in [0.05, 0.1) is 5.75 Å². The average molecular weight is 310 g/mol. The Labute approximate surface area is 123 Å². The van der Waals surface area contributed by atoms with Crippen LogP contribution < -0.4 is 5.32 Å². The van der Waals surface area contributed by atoms with Crippen molar-refractivity contribution >= 4 is 45.7 Å². The van der Waals surface area contributed by atoms with Crippen molar-refractivity contribution in [2.24, 2.45) is 0 Å². The number of benzene rings is 1. The molecule has 0 atom stereocenters. The van der Waals surface area contributed by atoms with Gasteiger partial charge in [0, 0.05) is 10.6 Å². The highest BCUT2D eigenvalue weighted by atomic mass is 35.5. The van der Waals surface area contributed by atoms with Crippen LogP contribution in [-0.4, -0.2) is 21.9 Å². The molecule has 4 nitrogen and oxygen atoms in total. The van der Waals surface area contributed by atoms with Crippen LogP contribution in [0.4, 0.5) is 5.13 Å². The van der Waals surface area contributed by atoms with Crippen molar-refractivity contribution in [3.8, 4) is 12.3 Å². The second kappa shape index (κ2) is 6.57. The molecular weight excluding hydrogens is 302 g/mol. The molecule has 1 amide bonds. The van der Waals surface area contributed by atoms with Gasteiger partial charge in [-0.15, -0.1) is 16.6 Å². The first-order chi connectivity index (χ1) is 9.19. The molecule has 0 bridgehead atoms. The molecule has 7 heteroatoms. The second-order valence-corrected chi connectivity index (χ2v) is 5.97. The molecule has 1 aromatic heterocycles. The van der Waals surface area contributed by atoms with Gasteiger partial charge in [-0.3, -0.25) is 10.1 Å². The third-order valence-electron chi connectivity index (χ3n) is 1.99. The highest BCUT2D eigenvalue weighted by Crippen LogP contribution is 2.25. The van der Waals surface area contributed by atoms with E-state index in [1.54, 1.807) is 24.3 Å². The Kier molecular flexibility index (Phi) is 4.80. The van der Waals surface area contributed by atoms with Crippen LogP contribution in [0.3, 0.4) is 0 Å². The van der Waals surface area contributed by atoms with Gasteiger partial charge < -0.3 is 0 Å². The average Bonchev–Trinajstić information content (AvgIpc) is 2.84. The summed E-state index contributed by atoms with van der Waals surface area (Å²) in [5.41, 5.74) is 0.473. The van der Waals surface area contributed by atoms with E-state index in [9.17, 15) is 4.79 Å². The number of thioether (sulfide) groups is 1. The number of carbonyl (C=O) groups is 1. The SMILES string of the molecule is C#CCSc1nnc(NC(=O)c2cccc(Cl)c2)s1. The number of nitrogens with zero attached hydrogens (tertiary/aromatic N) is 2. The fourth-order valence-corrected chi connectivity index (χ4v) is 2.84. The molecule has 0 aliphatic heterocycles. The lowest BCUT2D eigenvalue weighted by atomic mass is 10.2. The molecule has 1 aromatic carbocycles. The smallest absolute Gasteiger partial charge is 0.257 e. The molecule has 0 unspecified atom stereocenters. The molecular formula is C12H8ClN3OS2. The van der Waals surface area contributed by atoms with Crippen LogP contribution in [0.25, 0.3) is 0 Å². The summed E-state index contributed by atoms with van der Waals surface area (Å²) in [6, 6.07) is 6.69. The second-order valence-electron chi connectivity index (χ2n) is 3.33. The first-order valence-corrected chi connectivity index (χ1v) is 7.34. The number of hydrogen-bond acceptors (Lipinski definition) is 5. The van der Waals surface area contributed by atoms with E-state index < -0.39 is 0 Å². The zero-order chi connectivity index (χ0) is 13.7. The number of anilines is 1. The minimum atomic E-state index is -0.271. The van der Waals surface area contributed by atoms with E-state index in [4.69, 9.17) is 18.0 Å². The van der Waals surface area contributed by atoms with Crippen LogP contribution in [-0.2, 0) is 0 Å². The van der Waals surface area contributed by atoms with Crippen LogP contribution in [0.15, 0.2) is 28.6 Å². The Morgan fingerprint density at radius 1 is 1.53 bits per heavy atom. The maximum absolute atomic E-state index is 11.9. The summed E-state index contributed by atoms with van der Waals surface area (Å²) >= 11 is 8.51. The Balaban J connectivity index is 2.03. The van der Waals surface area contributed by atoms with Crippen molar-refractivity contribution in [1.29, 1.82) is 0 Å². The van der Waals surface area contributed by atoms with E-state index in [0.717, 1.165) is 4.34 Å². The van der Waals surface area contributed by atoms with Gasteiger partial charge in [-0.2, -0.15) is 0 Å². The van der Waals surface area contributed by atoms with Gasteiger partial charge in [0.25, 0.3) is 5.91 Å². The minimum absolute atomic E-state index is 0.271. The summed E-state index contributed by atoms with van der Waals surface area (Å²) in [4.78, 5) is 11.9. The van der Waals surface area contributed by atoms with E-state index in [-0.39, 0.29) is 5.91 Å².